The molecule has 2 N–H and O–H groups in total. The minimum atomic E-state index is -0.166. The fraction of sp³-hybridized carbons (Fsp3) is 0.333. The second-order valence-electron chi connectivity index (χ2n) is 6.72. The first-order valence-electron chi connectivity index (χ1n) is 9.09. The Bertz CT molecular complexity index is 905. The average molecular weight is 429 g/mol. The maximum atomic E-state index is 6.01. The van der Waals surface area contributed by atoms with Gasteiger partial charge in [-0.1, -0.05) is 28.9 Å². The number of nitrogens with zero attached hydrogens (tertiary/aromatic N) is 3. The van der Waals surface area contributed by atoms with Crippen molar-refractivity contribution in [2.45, 2.75) is 33.2 Å². The number of hydrogen-bond donors (Lipinski definition) is 1. The zero-order valence-electron chi connectivity index (χ0n) is 16.2. The van der Waals surface area contributed by atoms with Gasteiger partial charge in [-0.15, -0.1) is 0 Å². The Morgan fingerprint density at radius 3 is 2.67 bits per heavy atom. The van der Waals surface area contributed by atoms with Gasteiger partial charge in [0.15, 0.2) is 0 Å². The van der Waals surface area contributed by atoms with E-state index in [2.05, 4.69) is 48.0 Å². The Morgan fingerprint density at radius 1 is 1.19 bits per heavy atom. The molecule has 1 atom stereocenters. The van der Waals surface area contributed by atoms with E-state index >= 15 is 0 Å². The maximum Gasteiger partial charge on any atom is 0.143 e. The van der Waals surface area contributed by atoms with Crippen LogP contribution in [0, 0.1) is 6.92 Å². The van der Waals surface area contributed by atoms with Gasteiger partial charge >= 0.3 is 0 Å². The van der Waals surface area contributed by atoms with Crippen molar-refractivity contribution in [2.24, 2.45) is 15.8 Å². The highest BCUT2D eigenvalue weighted by Gasteiger charge is 2.23. The fourth-order valence-electron chi connectivity index (χ4n) is 3.09. The van der Waals surface area contributed by atoms with E-state index in [0.29, 0.717) is 6.61 Å². The van der Waals surface area contributed by atoms with Crippen molar-refractivity contribution in [3.63, 3.8) is 0 Å². The van der Waals surface area contributed by atoms with E-state index in [-0.39, 0.29) is 6.04 Å². The molecule has 0 saturated carbocycles. The van der Waals surface area contributed by atoms with Crippen LogP contribution in [0.15, 0.2) is 50.9 Å². The summed E-state index contributed by atoms with van der Waals surface area (Å²) >= 11 is 3.58. The van der Waals surface area contributed by atoms with Crippen LogP contribution in [0.4, 0.5) is 5.69 Å². The van der Waals surface area contributed by atoms with Crippen LogP contribution < -0.4 is 10.6 Å². The Labute approximate surface area is 169 Å². The molecule has 1 heterocycles. The third-order valence-corrected chi connectivity index (χ3v) is 4.94. The molecule has 0 spiro atoms. The Kier molecular flexibility index (Phi) is 5.97. The summed E-state index contributed by atoms with van der Waals surface area (Å²) < 4.78 is 6.83. The van der Waals surface area contributed by atoms with Crippen molar-refractivity contribution in [3.8, 4) is 5.75 Å². The Balaban J connectivity index is 2.19. The highest BCUT2D eigenvalue weighted by molar-refractivity contribution is 9.10. The smallest absolute Gasteiger partial charge is 0.143 e. The first kappa shape index (κ1) is 19.6. The third kappa shape index (κ3) is 4.22. The van der Waals surface area contributed by atoms with Crippen LogP contribution in [0.5, 0.6) is 5.75 Å². The van der Waals surface area contributed by atoms with Gasteiger partial charge in [0.2, 0.25) is 0 Å². The van der Waals surface area contributed by atoms with Crippen molar-refractivity contribution in [2.75, 3.05) is 13.7 Å². The zero-order chi connectivity index (χ0) is 19.6. The molecule has 5 nitrogen and oxygen atoms in total. The van der Waals surface area contributed by atoms with E-state index in [4.69, 9.17) is 20.6 Å². The Morgan fingerprint density at radius 2 is 1.96 bits per heavy atom. The SMILES string of the molecule is CCCOc1ccc(C)c(C2=NC(C)C(N(C)N)=Nc3ccc(Br)cc32)c1. The summed E-state index contributed by atoms with van der Waals surface area (Å²) in [6.45, 7) is 6.89. The van der Waals surface area contributed by atoms with Gasteiger partial charge in [-0.25, -0.2) is 10.8 Å². The average Bonchev–Trinajstić information content (AvgIpc) is 2.77. The molecule has 1 unspecified atom stereocenters. The lowest BCUT2D eigenvalue weighted by Crippen LogP contribution is -2.39. The second-order valence-corrected chi connectivity index (χ2v) is 7.64. The summed E-state index contributed by atoms with van der Waals surface area (Å²) in [6.07, 6.45) is 0.969. The predicted octanol–water partition coefficient (Wildman–Crippen LogP) is 4.62. The van der Waals surface area contributed by atoms with Crippen LogP contribution in [0.1, 0.15) is 37.0 Å². The van der Waals surface area contributed by atoms with Crippen molar-refractivity contribution < 1.29 is 4.74 Å². The Hall–Kier alpha value is -2.18. The van der Waals surface area contributed by atoms with Gasteiger partial charge in [-0.05, 0) is 56.2 Å². The van der Waals surface area contributed by atoms with Gasteiger partial charge in [-0.3, -0.25) is 10.0 Å². The molecule has 1 aliphatic heterocycles. The molecule has 27 heavy (non-hydrogen) atoms. The summed E-state index contributed by atoms with van der Waals surface area (Å²) in [6, 6.07) is 12.0. The molecule has 0 aliphatic carbocycles. The minimum absolute atomic E-state index is 0.166. The molecule has 0 bridgehead atoms. The molecule has 1 aliphatic rings. The molecule has 0 saturated heterocycles. The van der Waals surface area contributed by atoms with E-state index in [1.165, 1.54) is 5.01 Å². The number of benzene rings is 2. The van der Waals surface area contributed by atoms with E-state index in [1.54, 1.807) is 7.05 Å². The summed E-state index contributed by atoms with van der Waals surface area (Å²) in [5.74, 6) is 7.59. The lowest BCUT2D eigenvalue weighted by Gasteiger charge is -2.18. The monoisotopic (exact) mass is 428 g/mol. The third-order valence-electron chi connectivity index (χ3n) is 4.44. The molecule has 2 aromatic rings. The highest BCUT2D eigenvalue weighted by Crippen LogP contribution is 2.32. The van der Waals surface area contributed by atoms with Crippen LogP contribution in [0.3, 0.4) is 0 Å². The second kappa shape index (κ2) is 8.23. The largest absolute Gasteiger partial charge is 0.494 e. The molecule has 6 heteroatoms. The van der Waals surface area contributed by atoms with Crippen molar-refractivity contribution in [1.29, 1.82) is 0 Å². The van der Waals surface area contributed by atoms with E-state index in [9.17, 15) is 0 Å². The molecule has 0 fully saturated rings. The van der Waals surface area contributed by atoms with Crippen LogP contribution >= 0.6 is 15.9 Å². The number of fused-ring (bicyclic) bond motifs is 1. The number of amidine groups is 1. The molecule has 3 rings (SSSR count). The van der Waals surface area contributed by atoms with Crippen molar-refractivity contribution in [1.82, 2.24) is 5.01 Å². The number of hydrazine groups is 1. The lowest BCUT2D eigenvalue weighted by atomic mass is 9.96. The van der Waals surface area contributed by atoms with Crippen molar-refractivity contribution >= 4 is 33.2 Å². The van der Waals surface area contributed by atoms with Crippen LogP contribution in [0.2, 0.25) is 0 Å². The van der Waals surface area contributed by atoms with Crippen LogP contribution in [-0.4, -0.2) is 36.3 Å². The highest BCUT2D eigenvalue weighted by atomic mass is 79.9. The first-order chi connectivity index (χ1) is 12.9. The first-order valence-corrected chi connectivity index (χ1v) is 9.88. The van der Waals surface area contributed by atoms with E-state index in [1.807, 2.05) is 25.1 Å². The molecular weight excluding hydrogens is 404 g/mol. The summed E-state index contributed by atoms with van der Waals surface area (Å²) in [5, 5.41) is 1.54. The van der Waals surface area contributed by atoms with Crippen LogP contribution in [0.25, 0.3) is 0 Å². The number of nitrogens with two attached hydrogens (primary N) is 1. The molecule has 0 aromatic heterocycles. The zero-order valence-corrected chi connectivity index (χ0v) is 17.7. The molecule has 0 amide bonds. The number of likely N-dealkylation sites (N-methyl/N-ethyl adjacent to an activating group) is 1. The maximum absolute atomic E-state index is 6.01. The standard InChI is InChI=1S/C21H25BrN4O/c1-5-10-27-16-8-6-13(2)17(12-16)20-18-11-15(22)7-9-19(18)25-21(26(4)23)14(3)24-20/h6-9,11-12,14H,5,10,23H2,1-4H3. The quantitative estimate of drug-likeness (QED) is 0.570. The number of rotatable bonds is 4. The van der Waals surface area contributed by atoms with Gasteiger partial charge < -0.3 is 4.74 Å². The van der Waals surface area contributed by atoms with Gasteiger partial charge in [0.25, 0.3) is 0 Å². The van der Waals surface area contributed by atoms with Crippen LogP contribution in [-0.2, 0) is 0 Å². The van der Waals surface area contributed by atoms with Gasteiger partial charge in [-0.2, -0.15) is 0 Å². The van der Waals surface area contributed by atoms with E-state index < -0.39 is 0 Å². The van der Waals surface area contributed by atoms with Crippen molar-refractivity contribution in [3.05, 3.63) is 57.6 Å². The predicted molar refractivity (Wildman–Crippen MR) is 115 cm³/mol. The van der Waals surface area contributed by atoms with E-state index in [0.717, 1.165) is 50.6 Å². The van der Waals surface area contributed by atoms with Gasteiger partial charge in [0, 0.05) is 22.6 Å². The molecule has 2 aromatic carbocycles. The minimum Gasteiger partial charge on any atom is -0.494 e. The summed E-state index contributed by atoms with van der Waals surface area (Å²) in [4.78, 5) is 9.79. The topological polar surface area (TPSA) is 63.2 Å². The number of hydrogen-bond acceptors (Lipinski definition) is 5. The van der Waals surface area contributed by atoms with Gasteiger partial charge in [0.1, 0.15) is 17.6 Å². The molecule has 142 valence electrons. The normalized spacial score (nSPS) is 16.1. The number of ether oxygens (including phenoxy) is 1. The lowest BCUT2D eigenvalue weighted by molar-refractivity contribution is 0.317. The molecular formula is C21H25BrN4O. The summed E-state index contributed by atoms with van der Waals surface area (Å²) in [7, 11) is 1.79. The molecule has 0 radical (unpaired) electrons. The van der Waals surface area contributed by atoms with Gasteiger partial charge in [0.05, 0.1) is 18.0 Å². The number of halogens is 1. The summed E-state index contributed by atoms with van der Waals surface area (Å²) in [5.41, 5.74) is 4.92. The fourth-order valence-corrected chi connectivity index (χ4v) is 3.45. The number of aliphatic imine (C=N–C) groups is 2. The number of aryl methyl sites for hydroxylation is 1.